The van der Waals surface area contributed by atoms with Crippen LogP contribution in [0.2, 0.25) is 0 Å². The van der Waals surface area contributed by atoms with Crippen molar-refractivity contribution in [2.24, 2.45) is 0 Å². The minimum absolute atomic E-state index is 0.293. The van der Waals surface area contributed by atoms with Gasteiger partial charge in [0.1, 0.15) is 0 Å². The molecule has 1 atom stereocenters. The van der Waals surface area contributed by atoms with E-state index in [1.165, 1.54) is 12.8 Å². The van der Waals surface area contributed by atoms with Crippen LogP contribution in [0, 0.1) is 0 Å². The quantitative estimate of drug-likeness (QED) is 0.750. The van der Waals surface area contributed by atoms with Gasteiger partial charge in [0.15, 0.2) is 5.82 Å². The summed E-state index contributed by atoms with van der Waals surface area (Å²) >= 11 is 0. The fourth-order valence-electron chi connectivity index (χ4n) is 1.62. The normalized spacial score (nSPS) is 23.3. The molecule has 2 heterocycles. The molecule has 1 aliphatic heterocycles. The first-order valence-electron chi connectivity index (χ1n) is 4.96. The second-order valence-electron chi connectivity index (χ2n) is 3.40. The number of aryl methyl sites for hydroxylation is 1. The Bertz CT molecular complexity index is 266. The SMILES string of the molecule is CCc1noc([C@@H]2CCCCN2)n1. The molecule has 1 N–H and O–H groups in total. The molecule has 2 rings (SSSR count). The van der Waals surface area contributed by atoms with E-state index in [0.29, 0.717) is 6.04 Å². The molecule has 72 valence electrons. The third-order valence-electron chi connectivity index (χ3n) is 2.41. The van der Waals surface area contributed by atoms with Crippen LogP contribution in [0.5, 0.6) is 0 Å². The van der Waals surface area contributed by atoms with Crippen LogP contribution < -0.4 is 5.32 Å². The molecule has 0 aliphatic carbocycles. The Balaban J connectivity index is 2.05. The lowest BCUT2D eigenvalue weighted by Gasteiger charge is -2.19. The Morgan fingerprint density at radius 2 is 2.46 bits per heavy atom. The Labute approximate surface area is 77.7 Å². The number of nitrogens with one attached hydrogen (secondary N) is 1. The number of piperidine rings is 1. The Morgan fingerprint density at radius 1 is 1.54 bits per heavy atom. The van der Waals surface area contributed by atoms with E-state index in [0.717, 1.165) is 31.1 Å². The fraction of sp³-hybridized carbons (Fsp3) is 0.778. The largest absolute Gasteiger partial charge is 0.338 e. The molecule has 4 nitrogen and oxygen atoms in total. The van der Waals surface area contributed by atoms with Gasteiger partial charge in [-0.3, -0.25) is 0 Å². The van der Waals surface area contributed by atoms with Gasteiger partial charge in [0.25, 0.3) is 0 Å². The average molecular weight is 181 g/mol. The van der Waals surface area contributed by atoms with Crippen LogP contribution in [-0.2, 0) is 6.42 Å². The summed E-state index contributed by atoms with van der Waals surface area (Å²) in [7, 11) is 0. The standard InChI is InChI=1S/C9H15N3O/c1-2-8-11-9(13-12-8)7-5-3-4-6-10-7/h7,10H,2-6H2,1H3/t7-/m0/s1. The maximum Gasteiger partial charge on any atom is 0.243 e. The van der Waals surface area contributed by atoms with E-state index in [-0.39, 0.29) is 0 Å². The van der Waals surface area contributed by atoms with Gasteiger partial charge in [-0.1, -0.05) is 18.5 Å². The van der Waals surface area contributed by atoms with Crippen LogP contribution in [0.1, 0.15) is 43.9 Å². The molecule has 1 aromatic rings. The summed E-state index contributed by atoms with van der Waals surface area (Å²) in [6.07, 6.45) is 4.47. The molecule has 0 saturated carbocycles. The number of rotatable bonds is 2. The summed E-state index contributed by atoms with van der Waals surface area (Å²) in [6.45, 7) is 3.09. The molecule has 0 radical (unpaired) electrons. The lowest BCUT2D eigenvalue weighted by atomic mass is 10.1. The van der Waals surface area contributed by atoms with E-state index >= 15 is 0 Å². The third-order valence-corrected chi connectivity index (χ3v) is 2.41. The molecule has 13 heavy (non-hydrogen) atoms. The van der Waals surface area contributed by atoms with Crippen molar-refractivity contribution in [1.29, 1.82) is 0 Å². The first kappa shape index (κ1) is 8.69. The van der Waals surface area contributed by atoms with Gasteiger partial charge < -0.3 is 9.84 Å². The van der Waals surface area contributed by atoms with Gasteiger partial charge >= 0.3 is 0 Å². The van der Waals surface area contributed by atoms with E-state index in [2.05, 4.69) is 15.5 Å². The van der Waals surface area contributed by atoms with Crippen LogP contribution in [0.4, 0.5) is 0 Å². The zero-order valence-electron chi connectivity index (χ0n) is 7.92. The van der Waals surface area contributed by atoms with Crippen molar-refractivity contribution in [2.75, 3.05) is 6.54 Å². The van der Waals surface area contributed by atoms with Crippen LogP contribution in [-0.4, -0.2) is 16.7 Å². The van der Waals surface area contributed by atoms with Crippen molar-refractivity contribution in [3.63, 3.8) is 0 Å². The van der Waals surface area contributed by atoms with E-state index in [4.69, 9.17) is 4.52 Å². The Kier molecular flexibility index (Phi) is 2.59. The van der Waals surface area contributed by atoms with Gasteiger partial charge in [-0.05, 0) is 19.4 Å². The second kappa shape index (κ2) is 3.87. The minimum Gasteiger partial charge on any atom is -0.338 e. The maximum atomic E-state index is 5.17. The van der Waals surface area contributed by atoms with Crippen LogP contribution in [0.15, 0.2) is 4.52 Å². The molecule has 4 heteroatoms. The smallest absolute Gasteiger partial charge is 0.243 e. The van der Waals surface area contributed by atoms with Crippen molar-refractivity contribution < 1.29 is 4.52 Å². The van der Waals surface area contributed by atoms with Crippen LogP contribution >= 0.6 is 0 Å². The third kappa shape index (κ3) is 1.88. The van der Waals surface area contributed by atoms with Gasteiger partial charge in [-0.15, -0.1) is 0 Å². The summed E-state index contributed by atoms with van der Waals surface area (Å²) in [4.78, 5) is 4.31. The summed E-state index contributed by atoms with van der Waals surface area (Å²) in [5.41, 5.74) is 0. The molecule has 1 saturated heterocycles. The summed E-state index contributed by atoms with van der Waals surface area (Å²) < 4.78 is 5.17. The summed E-state index contributed by atoms with van der Waals surface area (Å²) in [6, 6.07) is 0.293. The number of aromatic nitrogens is 2. The Morgan fingerprint density at radius 3 is 3.08 bits per heavy atom. The van der Waals surface area contributed by atoms with Crippen molar-refractivity contribution in [2.45, 2.75) is 38.6 Å². The minimum atomic E-state index is 0.293. The van der Waals surface area contributed by atoms with E-state index < -0.39 is 0 Å². The molecular weight excluding hydrogens is 166 g/mol. The summed E-state index contributed by atoms with van der Waals surface area (Å²) in [5, 5.41) is 7.26. The van der Waals surface area contributed by atoms with E-state index in [1.807, 2.05) is 6.92 Å². The number of hydrogen-bond acceptors (Lipinski definition) is 4. The summed E-state index contributed by atoms with van der Waals surface area (Å²) in [5.74, 6) is 1.57. The van der Waals surface area contributed by atoms with E-state index in [1.54, 1.807) is 0 Å². The molecule has 1 fully saturated rings. The van der Waals surface area contributed by atoms with Crippen molar-refractivity contribution in [1.82, 2.24) is 15.5 Å². The van der Waals surface area contributed by atoms with Gasteiger partial charge in [0.05, 0.1) is 6.04 Å². The first-order valence-corrected chi connectivity index (χ1v) is 4.96. The predicted octanol–water partition coefficient (Wildman–Crippen LogP) is 1.45. The highest BCUT2D eigenvalue weighted by Crippen LogP contribution is 2.20. The van der Waals surface area contributed by atoms with Gasteiger partial charge in [-0.25, -0.2) is 0 Å². The maximum absolute atomic E-state index is 5.17. The molecule has 0 spiro atoms. The zero-order chi connectivity index (χ0) is 9.10. The van der Waals surface area contributed by atoms with Gasteiger partial charge in [0.2, 0.25) is 5.89 Å². The highest BCUT2D eigenvalue weighted by molar-refractivity contribution is 4.93. The lowest BCUT2D eigenvalue weighted by Crippen LogP contribution is -2.26. The average Bonchev–Trinajstić information content (AvgIpc) is 2.67. The molecule has 0 unspecified atom stereocenters. The van der Waals surface area contributed by atoms with Crippen molar-refractivity contribution >= 4 is 0 Å². The van der Waals surface area contributed by atoms with Gasteiger partial charge in [-0.2, -0.15) is 4.98 Å². The number of hydrogen-bond donors (Lipinski definition) is 1. The predicted molar refractivity (Wildman–Crippen MR) is 48.3 cm³/mol. The topological polar surface area (TPSA) is 51.0 Å². The van der Waals surface area contributed by atoms with Crippen LogP contribution in [0.25, 0.3) is 0 Å². The molecule has 1 aliphatic rings. The highest BCUT2D eigenvalue weighted by Gasteiger charge is 2.20. The molecule has 0 aromatic carbocycles. The monoisotopic (exact) mass is 181 g/mol. The fourth-order valence-corrected chi connectivity index (χ4v) is 1.62. The highest BCUT2D eigenvalue weighted by atomic mass is 16.5. The molecule has 1 aromatic heterocycles. The van der Waals surface area contributed by atoms with E-state index in [9.17, 15) is 0 Å². The zero-order valence-corrected chi connectivity index (χ0v) is 7.92. The number of nitrogens with zero attached hydrogens (tertiary/aromatic N) is 2. The van der Waals surface area contributed by atoms with Crippen molar-refractivity contribution in [3.8, 4) is 0 Å². The molecule has 0 amide bonds. The second-order valence-corrected chi connectivity index (χ2v) is 3.40. The Hall–Kier alpha value is -0.900. The van der Waals surface area contributed by atoms with Crippen molar-refractivity contribution in [3.05, 3.63) is 11.7 Å². The van der Waals surface area contributed by atoms with Gasteiger partial charge in [0, 0.05) is 6.42 Å². The first-order chi connectivity index (χ1) is 6.40. The van der Waals surface area contributed by atoms with Crippen LogP contribution in [0.3, 0.4) is 0 Å². The lowest BCUT2D eigenvalue weighted by molar-refractivity contribution is 0.296. The molecule has 0 bridgehead atoms. The molecular formula is C9H15N3O.